The lowest BCUT2D eigenvalue weighted by molar-refractivity contribution is 0.0736. The van der Waals surface area contributed by atoms with Crippen LogP contribution < -0.4 is 4.74 Å². The summed E-state index contributed by atoms with van der Waals surface area (Å²) in [6.07, 6.45) is 4.06. The maximum Gasteiger partial charge on any atom is 0.264 e. The molecule has 0 bridgehead atoms. The molecule has 0 saturated heterocycles. The molecule has 2 aromatic rings. The molecule has 0 aromatic heterocycles. The van der Waals surface area contributed by atoms with E-state index in [9.17, 15) is 13.5 Å². The SMILES string of the molecule is C=C1C(N(Cc2ccccc2)S(=O)(=O)c2ccc(OC)cc2)=C[C@]2(O)CCC[C@H]12. The first-order valence-electron chi connectivity index (χ1n) is 9.70. The number of rotatable bonds is 6. The number of hydrogen-bond donors (Lipinski definition) is 1. The van der Waals surface area contributed by atoms with Crippen molar-refractivity contribution >= 4 is 10.0 Å². The fourth-order valence-corrected chi connectivity index (χ4v) is 5.81. The lowest BCUT2D eigenvalue weighted by Gasteiger charge is -2.27. The molecule has 4 rings (SSSR count). The molecule has 6 heteroatoms. The Hall–Kier alpha value is -2.57. The number of benzene rings is 2. The zero-order valence-corrected chi connectivity index (χ0v) is 17.2. The van der Waals surface area contributed by atoms with Gasteiger partial charge in [-0.15, -0.1) is 0 Å². The average Bonchev–Trinajstić information content (AvgIpc) is 3.22. The summed E-state index contributed by atoms with van der Waals surface area (Å²) in [6.45, 7) is 4.34. The second-order valence-corrected chi connectivity index (χ2v) is 9.53. The molecule has 0 heterocycles. The number of methoxy groups -OCH3 is 1. The van der Waals surface area contributed by atoms with Crippen LogP contribution in [0.25, 0.3) is 0 Å². The Morgan fingerprint density at radius 1 is 1.17 bits per heavy atom. The van der Waals surface area contributed by atoms with Gasteiger partial charge in [0.25, 0.3) is 10.0 Å². The van der Waals surface area contributed by atoms with Gasteiger partial charge in [-0.25, -0.2) is 8.42 Å². The van der Waals surface area contributed by atoms with Crippen molar-refractivity contribution in [3.8, 4) is 5.75 Å². The van der Waals surface area contributed by atoms with E-state index < -0.39 is 15.6 Å². The Bertz CT molecular complexity index is 1040. The lowest BCUT2D eigenvalue weighted by Crippen LogP contribution is -2.30. The van der Waals surface area contributed by atoms with E-state index in [0.29, 0.717) is 23.4 Å². The van der Waals surface area contributed by atoms with E-state index in [4.69, 9.17) is 4.74 Å². The molecule has 0 spiro atoms. The molecule has 2 atom stereocenters. The Balaban J connectivity index is 1.78. The van der Waals surface area contributed by atoms with Gasteiger partial charge in [-0.3, -0.25) is 4.31 Å². The lowest BCUT2D eigenvalue weighted by atomic mass is 9.92. The summed E-state index contributed by atoms with van der Waals surface area (Å²) in [5.74, 6) is 0.466. The molecular weight excluding hydrogens is 386 g/mol. The standard InChI is InChI=1S/C23H25NO4S/c1-17-21-9-6-14-23(21,25)15-22(17)24(16-18-7-4-3-5-8-18)29(26,27)20-12-10-19(28-2)11-13-20/h3-5,7-8,10-13,15,21,25H,1,6,9,14,16H2,2H3/t21-,23-/m1/s1. The third kappa shape index (κ3) is 3.47. The summed E-state index contributed by atoms with van der Waals surface area (Å²) in [5.41, 5.74) is 1.05. The predicted octanol–water partition coefficient (Wildman–Crippen LogP) is 3.87. The Labute approximate surface area is 172 Å². The first-order chi connectivity index (χ1) is 13.8. The van der Waals surface area contributed by atoms with Gasteiger partial charge in [-0.05, 0) is 60.7 Å². The van der Waals surface area contributed by atoms with Crippen LogP contribution in [-0.4, -0.2) is 30.5 Å². The summed E-state index contributed by atoms with van der Waals surface area (Å²) in [4.78, 5) is 0.173. The van der Waals surface area contributed by atoms with Crippen molar-refractivity contribution in [2.24, 2.45) is 5.92 Å². The van der Waals surface area contributed by atoms with E-state index in [1.54, 1.807) is 30.3 Å². The molecule has 1 fully saturated rings. The van der Waals surface area contributed by atoms with E-state index in [0.717, 1.165) is 18.4 Å². The van der Waals surface area contributed by atoms with Crippen molar-refractivity contribution in [1.29, 1.82) is 0 Å². The van der Waals surface area contributed by atoms with Crippen LogP contribution in [0, 0.1) is 5.92 Å². The highest BCUT2D eigenvalue weighted by Gasteiger charge is 2.49. The molecule has 1 saturated carbocycles. The van der Waals surface area contributed by atoms with Gasteiger partial charge in [-0.2, -0.15) is 0 Å². The summed E-state index contributed by atoms with van der Waals surface area (Å²) in [6, 6.07) is 15.8. The zero-order chi connectivity index (χ0) is 20.6. The molecule has 2 aromatic carbocycles. The molecule has 1 N–H and O–H groups in total. The van der Waals surface area contributed by atoms with Crippen LogP contribution in [0.15, 0.2) is 83.4 Å². The largest absolute Gasteiger partial charge is 0.497 e. The highest BCUT2D eigenvalue weighted by Crippen LogP contribution is 2.50. The number of aliphatic hydroxyl groups is 1. The van der Waals surface area contributed by atoms with Crippen LogP contribution in [0.3, 0.4) is 0 Å². The normalized spacial score (nSPS) is 23.6. The van der Waals surface area contributed by atoms with Gasteiger partial charge < -0.3 is 9.84 Å². The van der Waals surface area contributed by atoms with Gasteiger partial charge in [0.15, 0.2) is 0 Å². The van der Waals surface area contributed by atoms with E-state index in [1.807, 2.05) is 30.3 Å². The van der Waals surface area contributed by atoms with Crippen LogP contribution in [0.4, 0.5) is 0 Å². The van der Waals surface area contributed by atoms with Crippen molar-refractivity contribution < 1.29 is 18.3 Å². The third-order valence-electron chi connectivity index (χ3n) is 5.89. The molecule has 0 amide bonds. The Morgan fingerprint density at radius 2 is 1.86 bits per heavy atom. The average molecular weight is 412 g/mol. The first-order valence-corrected chi connectivity index (χ1v) is 11.1. The van der Waals surface area contributed by atoms with Gasteiger partial charge >= 0.3 is 0 Å². The van der Waals surface area contributed by atoms with Crippen molar-refractivity contribution in [3.05, 3.63) is 84.1 Å². The molecule has 29 heavy (non-hydrogen) atoms. The van der Waals surface area contributed by atoms with E-state index in [2.05, 4.69) is 6.58 Å². The summed E-state index contributed by atoms with van der Waals surface area (Å²) < 4.78 is 33.8. The van der Waals surface area contributed by atoms with Gasteiger partial charge in [-0.1, -0.05) is 36.9 Å². The van der Waals surface area contributed by atoms with Gasteiger partial charge in [0.1, 0.15) is 5.75 Å². The van der Waals surface area contributed by atoms with Crippen molar-refractivity contribution in [1.82, 2.24) is 4.31 Å². The molecule has 0 radical (unpaired) electrons. The fourth-order valence-electron chi connectivity index (χ4n) is 4.33. The number of sulfonamides is 1. The Kier molecular flexibility index (Phi) is 5.00. The fraction of sp³-hybridized carbons (Fsp3) is 0.304. The minimum absolute atomic E-state index is 0.123. The molecular formula is C23H25NO4S. The molecule has 5 nitrogen and oxygen atoms in total. The quantitative estimate of drug-likeness (QED) is 0.784. The maximum atomic E-state index is 13.6. The first kappa shape index (κ1) is 19.7. The Morgan fingerprint density at radius 3 is 2.48 bits per heavy atom. The van der Waals surface area contributed by atoms with Gasteiger partial charge in [0.2, 0.25) is 0 Å². The summed E-state index contributed by atoms with van der Waals surface area (Å²) >= 11 is 0. The van der Waals surface area contributed by atoms with Crippen molar-refractivity contribution in [2.45, 2.75) is 36.3 Å². The highest BCUT2D eigenvalue weighted by molar-refractivity contribution is 7.89. The molecule has 0 unspecified atom stereocenters. The van der Waals surface area contributed by atoms with Gasteiger partial charge in [0.05, 0.1) is 29.8 Å². The minimum Gasteiger partial charge on any atom is -0.497 e. The van der Waals surface area contributed by atoms with Crippen LogP contribution in [0.5, 0.6) is 5.75 Å². The maximum absolute atomic E-state index is 13.6. The van der Waals surface area contributed by atoms with Crippen LogP contribution in [0.1, 0.15) is 24.8 Å². The number of allylic oxidation sites excluding steroid dienone is 1. The summed E-state index contributed by atoms with van der Waals surface area (Å²) in [7, 11) is -2.32. The van der Waals surface area contributed by atoms with Crippen LogP contribution >= 0.6 is 0 Å². The van der Waals surface area contributed by atoms with Crippen molar-refractivity contribution in [2.75, 3.05) is 7.11 Å². The molecule has 0 aliphatic heterocycles. The molecule has 152 valence electrons. The van der Waals surface area contributed by atoms with E-state index >= 15 is 0 Å². The van der Waals surface area contributed by atoms with Crippen LogP contribution in [-0.2, 0) is 16.6 Å². The number of nitrogens with zero attached hydrogens (tertiary/aromatic N) is 1. The number of hydrogen-bond acceptors (Lipinski definition) is 4. The summed E-state index contributed by atoms with van der Waals surface area (Å²) in [5, 5.41) is 11.0. The minimum atomic E-state index is -3.86. The second kappa shape index (κ2) is 7.35. The zero-order valence-electron chi connectivity index (χ0n) is 16.4. The van der Waals surface area contributed by atoms with E-state index in [-0.39, 0.29) is 17.4 Å². The van der Waals surface area contributed by atoms with E-state index in [1.165, 1.54) is 11.4 Å². The number of ether oxygens (including phenoxy) is 1. The molecule has 2 aliphatic rings. The predicted molar refractivity (Wildman–Crippen MR) is 112 cm³/mol. The third-order valence-corrected chi connectivity index (χ3v) is 7.67. The topological polar surface area (TPSA) is 66.8 Å². The van der Waals surface area contributed by atoms with Crippen LogP contribution in [0.2, 0.25) is 0 Å². The second-order valence-electron chi connectivity index (χ2n) is 7.66. The highest BCUT2D eigenvalue weighted by atomic mass is 32.2. The number of fused-ring (bicyclic) bond motifs is 1. The van der Waals surface area contributed by atoms with Gasteiger partial charge in [0, 0.05) is 5.92 Å². The smallest absolute Gasteiger partial charge is 0.264 e. The monoisotopic (exact) mass is 411 g/mol. The molecule has 2 aliphatic carbocycles. The van der Waals surface area contributed by atoms with Crippen molar-refractivity contribution in [3.63, 3.8) is 0 Å².